The number of methoxy groups -OCH3 is 1. The Kier molecular flexibility index (Phi) is 12.3. The molecule has 0 radical (unpaired) electrons. The molecule has 10 rings (SSSR count). The SMILES string of the molecule is COc1cc(-c2ccc3c(c2)-c2sc(C(=O)Nc4c(F)cccc4F)nc2CCC3)ccn1.O=C(Nc1c(F)cccc1F)c1nc2c(s1)-c1cc(-c3ccnc(F)c3)ccc1CCC2. The summed E-state index contributed by atoms with van der Waals surface area (Å²) in [6.45, 7) is 0. The number of aryl methyl sites for hydroxylation is 4. The number of para-hydroxylation sites is 2. The van der Waals surface area contributed by atoms with Gasteiger partial charge in [0, 0.05) is 24.5 Å². The highest BCUT2D eigenvalue weighted by molar-refractivity contribution is 7.17. The summed E-state index contributed by atoms with van der Waals surface area (Å²) < 4.78 is 74.7. The molecule has 2 aliphatic carbocycles. The van der Waals surface area contributed by atoms with Gasteiger partial charge in [0.15, 0.2) is 10.0 Å². The number of hydrogen-bond acceptors (Lipinski definition) is 9. The number of carbonyl (C=O) groups excluding carboxylic acids is 2. The first-order valence-corrected chi connectivity index (χ1v) is 22.1. The van der Waals surface area contributed by atoms with Crippen LogP contribution in [-0.4, -0.2) is 38.9 Å². The molecule has 0 saturated heterocycles. The summed E-state index contributed by atoms with van der Waals surface area (Å²) >= 11 is 2.42. The number of nitrogens with zero attached hydrogens (tertiary/aromatic N) is 4. The number of hydrogen-bond donors (Lipinski definition) is 2. The Bertz CT molecular complexity index is 3100. The maximum atomic E-state index is 14.0. The molecule has 0 bridgehead atoms. The zero-order chi connectivity index (χ0) is 45.2. The highest BCUT2D eigenvalue weighted by Gasteiger charge is 2.26. The lowest BCUT2D eigenvalue weighted by molar-refractivity contribution is 0.101. The Labute approximate surface area is 377 Å². The second-order valence-electron chi connectivity index (χ2n) is 15.1. The minimum Gasteiger partial charge on any atom is -0.481 e. The molecule has 4 aromatic carbocycles. The van der Waals surface area contributed by atoms with Crippen LogP contribution in [0.3, 0.4) is 0 Å². The van der Waals surface area contributed by atoms with E-state index < -0.39 is 52.4 Å². The molecule has 4 aromatic heterocycles. The Balaban J connectivity index is 0.000000164. The minimum absolute atomic E-state index is 0.130. The number of pyridine rings is 2. The van der Waals surface area contributed by atoms with Crippen molar-refractivity contribution in [2.45, 2.75) is 38.5 Å². The van der Waals surface area contributed by atoms with E-state index in [1.165, 1.54) is 52.6 Å². The van der Waals surface area contributed by atoms with Gasteiger partial charge in [0.25, 0.3) is 11.8 Å². The predicted molar refractivity (Wildman–Crippen MR) is 241 cm³/mol. The molecule has 0 saturated carbocycles. The van der Waals surface area contributed by atoms with Crippen molar-refractivity contribution in [3.05, 3.63) is 171 Å². The average molecular weight is 915 g/mol. The van der Waals surface area contributed by atoms with E-state index >= 15 is 0 Å². The third kappa shape index (κ3) is 9.13. The molecule has 326 valence electrons. The molecule has 8 aromatic rings. The molecule has 65 heavy (non-hydrogen) atoms. The largest absolute Gasteiger partial charge is 0.481 e. The van der Waals surface area contributed by atoms with E-state index in [4.69, 9.17) is 4.74 Å². The first-order chi connectivity index (χ1) is 31.5. The van der Waals surface area contributed by atoms with Crippen LogP contribution in [0, 0.1) is 29.2 Å². The normalized spacial score (nSPS) is 12.5. The van der Waals surface area contributed by atoms with E-state index in [0.717, 1.165) is 111 Å². The van der Waals surface area contributed by atoms with E-state index in [0.29, 0.717) is 17.9 Å². The van der Waals surface area contributed by atoms with Crippen molar-refractivity contribution in [2.24, 2.45) is 0 Å². The van der Waals surface area contributed by atoms with Crippen molar-refractivity contribution in [3.63, 3.8) is 0 Å². The van der Waals surface area contributed by atoms with Gasteiger partial charge in [-0.3, -0.25) is 9.59 Å². The van der Waals surface area contributed by atoms with Crippen LogP contribution in [0.4, 0.5) is 33.3 Å². The highest BCUT2D eigenvalue weighted by atomic mass is 32.1. The number of aromatic nitrogens is 4. The van der Waals surface area contributed by atoms with Gasteiger partial charge in [0.2, 0.25) is 11.8 Å². The van der Waals surface area contributed by atoms with Crippen LogP contribution >= 0.6 is 22.7 Å². The Morgan fingerprint density at radius 1 is 0.554 bits per heavy atom. The van der Waals surface area contributed by atoms with Crippen molar-refractivity contribution in [1.29, 1.82) is 0 Å². The van der Waals surface area contributed by atoms with Gasteiger partial charge in [-0.05, 0) is 132 Å². The van der Waals surface area contributed by atoms with Gasteiger partial charge in [0.1, 0.15) is 34.6 Å². The molecule has 0 aliphatic heterocycles. The van der Waals surface area contributed by atoms with Crippen LogP contribution in [0.1, 0.15) is 55.0 Å². The first kappa shape index (κ1) is 43.1. The fourth-order valence-electron chi connectivity index (χ4n) is 7.77. The highest BCUT2D eigenvalue weighted by Crippen LogP contribution is 2.41. The van der Waals surface area contributed by atoms with Crippen molar-refractivity contribution < 1.29 is 36.3 Å². The summed E-state index contributed by atoms with van der Waals surface area (Å²) in [4.78, 5) is 44.0. The summed E-state index contributed by atoms with van der Waals surface area (Å²) in [5, 5.41) is 4.93. The van der Waals surface area contributed by atoms with Gasteiger partial charge in [-0.1, -0.05) is 36.4 Å². The Morgan fingerprint density at radius 3 is 1.46 bits per heavy atom. The lowest BCUT2D eigenvalue weighted by Gasteiger charge is -2.10. The van der Waals surface area contributed by atoms with Crippen LogP contribution in [-0.2, 0) is 25.7 Å². The second-order valence-corrected chi connectivity index (χ2v) is 17.1. The van der Waals surface area contributed by atoms with Crippen LogP contribution in [0.15, 0.2) is 109 Å². The van der Waals surface area contributed by atoms with Crippen LogP contribution in [0.2, 0.25) is 0 Å². The maximum absolute atomic E-state index is 14.0. The molecule has 0 atom stereocenters. The number of ether oxygens (including phenoxy) is 1. The van der Waals surface area contributed by atoms with Gasteiger partial charge in [-0.2, -0.15) is 4.39 Å². The summed E-state index contributed by atoms with van der Waals surface area (Å²) in [7, 11) is 1.58. The quantitative estimate of drug-likeness (QED) is 0.121. The number of benzene rings is 4. The molecule has 2 N–H and O–H groups in total. The molecule has 9 nitrogen and oxygen atoms in total. The maximum Gasteiger partial charge on any atom is 0.284 e. The predicted octanol–water partition coefficient (Wildman–Crippen LogP) is 11.9. The zero-order valence-corrected chi connectivity index (χ0v) is 36.0. The molecule has 0 fully saturated rings. The third-order valence-corrected chi connectivity index (χ3v) is 13.2. The van der Waals surface area contributed by atoms with Crippen molar-refractivity contribution >= 4 is 45.9 Å². The smallest absolute Gasteiger partial charge is 0.284 e. The van der Waals surface area contributed by atoms with E-state index in [1.54, 1.807) is 19.4 Å². The van der Waals surface area contributed by atoms with Crippen LogP contribution in [0.25, 0.3) is 43.1 Å². The molecule has 2 amide bonds. The topological polar surface area (TPSA) is 119 Å². The van der Waals surface area contributed by atoms with Gasteiger partial charge in [-0.25, -0.2) is 37.5 Å². The molecule has 0 spiro atoms. The van der Waals surface area contributed by atoms with Gasteiger partial charge >= 0.3 is 0 Å². The van der Waals surface area contributed by atoms with Gasteiger partial charge < -0.3 is 15.4 Å². The molecule has 2 aliphatic rings. The van der Waals surface area contributed by atoms with E-state index in [1.807, 2.05) is 30.3 Å². The zero-order valence-electron chi connectivity index (χ0n) is 34.4. The molecule has 0 unspecified atom stereocenters. The van der Waals surface area contributed by atoms with Crippen molar-refractivity contribution in [1.82, 2.24) is 19.9 Å². The van der Waals surface area contributed by atoms with E-state index in [-0.39, 0.29) is 10.0 Å². The fourth-order valence-corrected chi connectivity index (χ4v) is 9.89. The molecule has 16 heteroatoms. The van der Waals surface area contributed by atoms with Gasteiger partial charge in [0.05, 0.1) is 28.3 Å². The molecular formula is C49H35F5N6O3S2. The number of rotatable bonds is 7. The van der Waals surface area contributed by atoms with Crippen molar-refractivity contribution in [3.8, 4) is 49.0 Å². The number of fused-ring (bicyclic) bond motifs is 6. The second kappa shape index (κ2) is 18.5. The summed E-state index contributed by atoms with van der Waals surface area (Å²) in [6.07, 6.45) is 8.03. The van der Waals surface area contributed by atoms with E-state index in [9.17, 15) is 31.5 Å². The van der Waals surface area contributed by atoms with Gasteiger partial charge in [-0.15, -0.1) is 22.7 Å². The number of amides is 2. The summed E-state index contributed by atoms with van der Waals surface area (Å²) in [5.41, 5.74) is 8.34. The number of thiazole rings is 2. The first-order valence-electron chi connectivity index (χ1n) is 20.4. The number of halogens is 5. The molecule has 4 heterocycles. The van der Waals surface area contributed by atoms with Crippen LogP contribution < -0.4 is 15.4 Å². The summed E-state index contributed by atoms with van der Waals surface area (Å²) in [6, 6.07) is 25.9. The van der Waals surface area contributed by atoms with Crippen molar-refractivity contribution in [2.75, 3.05) is 17.7 Å². The molecular weight excluding hydrogens is 880 g/mol. The third-order valence-electron chi connectivity index (χ3n) is 11.0. The minimum atomic E-state index is -0.851. The lowest BCUT2D eigenvalue weighted by atomic mass is 9.97. The standard InChI is InChI=1S/C25H19F2N3O2S.C24H16F3N3OS/c1-32-21-13-16(10-11-28-21)15-9-8-14-4-2-7-20-23(17(14)12-15)33-25(29-20)24(31)30-22-18(26)5-3-6-19(22)27;25-17-4-2-5-18(26)21(17)30-23(31)24-29-19-6-1-3-13-7-8-14(11-16(13)22(19)32-24)15-9-10-28-20(27)12-15/h3,5-6,8-13H,2,4,7H2,1H3,(H,30,31);2,4-5,7-12H,1,3,6H2,(H,30,31). The average Bonchev–Trinajstić information content (AvgIpc) is 3.85. The monoisotopic (exact) mass is 914 g/mol. The Morgan fingerprint density at radius 2 is 1.00 bits per heavy atom. The fraction of sp³-hybridized carbons (Fsp3) is 0.143. The number of nitrogens with one attached hydrogen (secondary N) is 2. The lowest BCUT2D eigenvalue weighted by Crippen LogP contribution is -2.14. The number of carbonyl (C=O) groups is 2. The van der Waals surface area contributed by atoms with Crippen LogP contribution in [0.5, 0.6) is 5.88 Å². The summed E-state index contributed by atoms with van der Waals surface area (Å²) in [5.74, 6) is -4.69. The van der Waals surface area contributed by atoms with E-state index in [2.05, 4.69) is 48.8 Å². The Hall–Kier alpha value is -7.17. The number of anilines is 2.